The molecule has 2 atom stereocenters. The van der Waals surface area contributed by atoms with Crippen molar-refractivity contribution in [2.45, 2.75) is 30.7 Å². The molecule has 2 N–H and O–H groups in total. The Morgan fingerprint density at radius 3 is 2.70 bits per heavy atom. The second kappa shape index (κ2) is 6.17. The van der Waals surface area contributed by atoms with E-state index in [2.05, 4.69) is 5.32 Å². The van der Waals surface area contributed by atoms with Gasteiger partial charge in [0.15, 0.2) is 5.54 Å². The zero-order valence-corrected chi connectivity index (χ0v) is 12.0. The lowest BCUT2D eigenvalue weighted by Crippen LogP contribution is -2.58. The average Bonchev–Trinajstić information content (AvgIpc) is 2.80. The van der Waals surface area contributed by atoms with E-state index in [0.717, 1.165) is 5.56 Å². The lowest BCUT2D eigenvalue weighted by molar-refractivity contribution is -0.144. The number of aliphatic carboxylic acids is 1. The Balaban J connectivity index is 1.94. The van der Waals surface area contributed by atoms with Gasteiger partial charge in [0.05, 0.1) is 0 Å². The molecule has 0 aliphatic carbocycles. The molecule has 0 spiro atoms. The Kier molecular flexibility index (Phi) is 4.54. The van der Waals surface area contributed by atoms with Crippen molar-refractivity contribution >= 4 is 23.8 Å². The maximum atomic E-state index is 11.8. The second-order valence-corrected chi connectivity index (χ2v) is 6.17. The average molecular weight is 295 g/mol. The van der Waals surface area contributed by atoms with E-state index in [1.807, 2.05) is 37.3 Å². The molecule has 1 heterocycles. The normalized spacial score (nSPS) is 25.1. The lowest BCUT2D eigenvalue weighted by atomic mass is 9.93. The number of rotatable bonds is 4. The predicted molar refractivity (Wildman–Crippen MR) is 76.7 cm³/mol. The fraction of sp³-hybridized carbons (Fsp3) is 0.429. The number of nitrogens with one attached hydrogen (secondary N) is 1. The van der Waals surface area contributed by atoms with E-state index in [4.69, 9.17) is 4.74 Å². The number of carbonyl (C=O) groups excluding carboxylic acids is 1. The van der Waals surface area contributed by atoms with Crippen LogP contribution in [0.1, 0.15) is 18.9 Å². The molecule has 0 unspecified atom stereocenters. The third-order valence-electron chi connectivity index (χ3n) is 3.48. The number of benzene rings is 1. The van der Waals surface area contributed by atoms with Crippen molar-refractivity contribution in [3.8, 4) is 0 Å². The van der Waals surface area contributed by atoms with Gasteiger partial charge in [0.25, 0.3) is 0 Å². The topological polar surface area (TPSA) is 75.6 Å². The minimum Gasteiger partial charge on any atom is -0.479 e. The van der Waals surface area contributed by atoms with Gasteiger partial charge in [-0.25, -0.2) is 9.59 Å². The predicted octanol–water partition coefficient (Wildman–Crippen LogP) is 2.26. The van der Waals surface area contributed by atoms with E-state index < -0.39 is 17.6 Å². The number of hydrogen-bond acceptors (Lipinski definition) is 4. The van der Waals surface area contributed by atoms with E-state index in [-0.39, 0.29) is 11.9 Å². The minimum absolute atomic E-state index is 0.129. The molecule has 1 fully saturated rings. The van der Waals surface area contributed by atoms with Gasteiger partial charge in [0.1, 0.15) is 6.61 Å². The van der Waals surface area contributed by atoms with Gasteiger partial charge in [0, 0.05) is 5.25 Å². The standard InChI is InChI=1S/C14H17NO4S/c1-10-14(12(16)17,7-8-20-10)15-13(18)19-9-11-5-3-2-4-6-11/h2-6,10H,7-9H2,1H3,(H,15,18)(H,16,17)/t10-,14-/m1/s1. The summed E-state index contributed by atoms with van der Waals surface area (Å²) in [4.78, 5) is 23.3. The first-order chi connectivity index (χ1) is 9.54. The summed E-state index contributed by atoms with van der Waals surface area (Å²) in [6.45, 7) is 1.94. The molecule has 1 aromatic carbocycles. The molecule has 5 nitrogen and oxygen atoms in total. The van der Waals surface area contributed by atoms with Crippen LogP contribution in [-0.4, -0.2) is 33.7 Å². The first kappa shape index (κ1) is 14.7. The van der Waals surface area contributed by atoms with Gasteiger partial charge in [-0.05, 0) is 17.7 Å². The number of alkyl carbamates (subject to hydrolysis) is 1. The van der Waals surface area contributed by atoms with Gasteiger partial charge < -0.3 is 15.2 Å². The van der Waals surface area contributed by atoms with E-state index in [9.17, 15) is 14.7 Å². The van der Waals surface area contributed by atoms with Crippen LogP contribution in [0.3, 0.4) is 0 Å². The molecule has 0 saturated carbocycles. The maximum Gasteiger partial charge on any atom is 0.408 e. The van der Waals surface area contributed by atoms with Crippen LogP contribution in [-0.2, 0) is 16.1 Å². The van der Waals surface area contributed by atoms with Crippen LogP contribution in [0.5, 0.6) is 0 Å². The minimum atomic E-state index is -1.22. The van der Waals surface area contributed by atoms with Gasteiger partial charge in [-0.3, -0.25) is 0 Å². The second-order valence-electron chi connectivity index (χ2n) is 4.73. The molecular weight excluding hydrogens is 278 g/mol. The highest BCUT2D eigenvalue weighted by Crippen LogP contribution is 2.36. The Labute approximate surface area is 121 Å². The molecular formula is C14H17NO4S. The highest BCUT2D eigenvalue weighted by Gasteiger charge is 2.49. The summed E-state index contributed by atoms with van der Waals surface area (Å²) in [6.07, 6.45) is -0.278. The van der Waals surface area contributed by atoms with Crippen LogP contribution >= 0.6 is 11.8 Å². The van der Waals surface area contributed by atoms with Gasteiger partial charge in [-0.15, -0.1) is 0 Å². The summed E-state index contributed by atoms with van der Waals surface area (Å²) in [5.74, 6) is -0.293. The number of ether oxygens (including phenoxy) is 1. The molecule has 0 radical (unpaired) electrons. The number of amides is 1. The number of carboxylic acids is 1. The third kappa shape index (κ3) is 3.07. The molecule has 20 heavy (non-hydrogen) atoms. The third-order valence-corrected chi connectivity index (χ3v) is 4.82. The Morgan fingerprint density at radius 2 is 2.15 bits per heavy atom. The van der Waals surface area contributed by atoms with Gasteiger partial charge in [-0.2, -0.15) is 11.8 Å². The van der Waals surface area contributed by atoms with Gasteiger partial charge in [0.2, 0.25) is 0 Å². The summed E-state index contributed by atoms with van der Waals surface area (Å²) in [5.41, 5.74) is -0.362. The zero-order valence-electron chi connectivity index (χ0n) is 11.2. The maximum absolute atomic E-state index is 11.8. The fourth-order valence-electron chi connectivity index (χ4n) is 2.18. The summed E-state index contributed by atoms with van der Waals surface area (Å²) in [5, 5.41) is 11.7. The van der Waals surface area contributed by atoms with E-state index in [0.29, 0.717) is 12.2 Å². The van der Waals surface area contributed by atoms with Crippen LogP contribution in [0.25, 0.3) is 0 Å². The van der Waals surface area contributed by atoms with Crippen molar-refractivity contribution in [3.05, 3.63) is 35.9 Å². The molecule has 6 heteroatoms. The van der Waals surface area contributed by atoms with Crippen LogP contribution < -0.4 is 5.32 Å². The van der Waals surface area contributed by atoms with E-state index >= 15 is 0 Å². The molecule has 1 saturated heterocycles. The Hall–Kier alpha value is -1.69. The van der Waals surface area contributed by atoms with Crippen molar-refractivity contribution in [2.75, 3.05) is 5.75 Å². The number of thioether (sulfide) groups is 1. The molecule has 1 aromatic rings. The van der Waals surface area contributed by atoms with Crippen LogP contribution in [0.15, 0.2) is 30.3 Å². The molecule has 1 aliphatic heterocycles. The molecule has 2 rings (SSSR count). The SMILES string of the molecule is C[C@H]1SCC[C@]1(NC(=O)OCc1ccccc1)C(=O)O. The van der Waals surface area contributed by atoms with Crippen molar-refractivity contribution in [3.63, 3.8) is 0 Å². The van der Waals surface area contributed by atoms with Crippen molar-refractivity contribution in [1.82, 2.24) is 5.32 Å². The van der Waals surface area contributed by atoms with Crippen molar-refractivity contribution < 1.29 is 19.4 Å². The molecule has 108 valence electrons. The van der Waals surface area contributed by atoms with Crippen LogP contribution in [0.2, 0.25) is 0 Å². The molecule has 1 amide bonds. The fourth-order valence-corrected chi connectivity index (χ4v) is 3.54. The van der Waals surface area contributed by atoms with Crippen LogP contribution in [0.4, 0.5) is 4.79 Å². The lowest BCUT2D eigenvalue weighted by Gasteiger charge is -2.28. The molecule has 1 aliphatic rings. The van der Waals surface area contributed by atoms with E-state index in [1.165, 1.54) is 11.8 Å². The van der Waals surface area contributed by atoms with Gasteiger partial charge >= 0.3 is 12.1 Å². The van der Waals surface area contributed by atoms with E-state index in [1.54, 1.807) is 0 Å². The Bertz CT molecular complexity index is 493. The number of carbonyl (C=O) groups is 2. The highest BCUT2D eigenvalue weighted by atomic mass is 32.2. The van der Waals surface area contributed by atoms with Crippen molar-refractivity contribution in [2.24, 2.45) is 0 Å². The summed E-state index contributed by atoms with van der Waals surface area (Å²) in [6, 6.07) is 9.26. The summed E-state index contributed by atoms with van der Waals surface area (Å²) < 4.78 is 5.09. The first-order valence-corrected chi connectivity index (χ1v) is 7.43. The summed E-state index contributed by atoms with van der Waals surface area (Å²) >= 11 is 1.54. The zero-order chi connectivity index (χ0) is 14.6. The van der Waals surface area contributed by atoms with Crippen LogP contribution in [0, 0.1) is 0 Å². The Morgan fingerprint density at radius 1 is 1.45 bits per heavy atom. The molecule has 0 aromatic heterocycles. The monoisotopic (exact) mass is 295 g/mol. The quantitative estimate of drug-likeness (QED) is 0.891. The smallest absolute Gasteiger partial charge is 0.408 e. The summed E-state index contributed by atoms with van der Waals surface area (Å²) in [7, 11) is 0. The van der Waals surface area contributed by atoms with Gasteiger partial charge in [-0.1, -0.05) is 37.3 Å². The number of hydrogen-bond donors (Lipinski definition) is 2. The van der Waals surface area contributed by atoms with Crippen molar-refractivity contribution in [1.29, 1.82) is 0 Å². The largest absolute Gasteiger partial charge is 0.479 e. The first-order valence-electron chi connectivity index (χ1n) is 6.38. The molecule has 0 bridgehead atoms. The number of carboxylic acid groups (broad SMARTS) is 1. The highest BCUT2D eigenvalue weighted by molar-refractivity contribution is 8.00.